The zero-order valence-corrected chi connectivity index (χ0v) is 20.4. The quantitative estimate of drug-likeness (QED) is 0.547. The molecule has 1 atom stereocenters. The van der Waals surface area contributed by atoms with Crippen LogP contribution in [0.1, 0.15) is 30.7 Å². The molecule has 2 heterocycles. The van der Waals surface area contributed by atoms with Crippen molar-refractivity contribution in [2.75, 3.05) is 45.9 Å². The van der Waals surface area contributed by atoms with Gasteiger partial charge in [0.15, 0.2) is 0 Å². The fraction of sp³-hybridized carbons (Fsp3) is 0.560. The summed E-state index contributed by atoms with van der Waals surface area (Å²) in [6.45, 7) is 9.99. The Kier molecular flexibility index (Phi) is 9.03. The Bertz CT molecular complexity index is 910. The van der Waals surface area contributed by atoms with Gasteiger partial charge in [0.25, 0.3) is 0 Å². The number of rotatable bonds is 10. The van der Waals surface area contributed by atoms with E-state index in [0.29, 0.717) is 45.8 Å². The van der Waals surface area contributed by atoms with Crippen molar-refractivity contribution >= 4 is 11.8 Å². The normalized spacial score (nSPS) is 17.3. The third kappa shape index (κ3) is 6.88. The predicted octanol–water partition coefficient (Wildman–Crippen LogP) is 1.87. The van der Waals surface area contributed by atoms with Crippen LogP contribution in [0.2, 0.25) is 0 Å². The van der Waals surface area contributed by atoms with Gasteiger partial charge < -0.3 is 14.5 Å². The highest BCUT2D eigenvalue weighted by Gasteiger charge is 2.29. The van der Waals surface area contributed by atoms with Crippen molar-refractivity contribution in [1.82, 2.24) is 24.5 Å². The van der Waals surface area contributed by atoms with Gasteiger partial charge in [-0.3, -0.25) is 19.2 Å². The maximum atomic E-state index is 13.1. The molecule has 1 aliphatic heterocycles. The lowest BCUT2D eigenvalue weighted by molar-refractivity contribution is -0.138. The molecule has 0 spiro atoms. The van der Waals surface area contributed by atoms with E-state index >= 15 is 0 Å². The van der Waals surface area contributed by atoms with E-state index in [4.69, 9.17) is 4.74 Å². The first-order chi connectivity index (χ1) is 15.9. The zero-order chi connectivity index (χ0) is 23.8. The molecule has 33 heavy (non-hydrogen) atoms. The molecule has 2 amide bonds. The molecule has 1 saturated heterocycles. The van der Waals surface area contributed by atoms with E-state index in [1.165, 1.54) is 5.56 Å². The minimum absolute atomic E-state index is 0.0129. The van der Waals surface area contributed by atoms with Gasteiger partial charge >= 0.3 is 0 Å². The predicted molar refractivity (Wildman–Crippen MR) is 128 cm³/mol. The summed E-state index contributed by atoms with van der Waals surface area (Å²) in [5.41, 5.74) is 3.38. The lowest BCUT2D eigenvalue weighted by Crippen LogP contribution is -2.41. The van der Waals surface area contributed by atoms with Crippen LogP contribution in [-0.4, -0.2) is 88.3 Å². The number of benzene rings is 1. The van der Waals surface area contributed by atoms with Gasteiger partial charge in [0.05, 0.1) is 18.8 Å². The van der Waals surface area contributed by atoms with Crippen LogP contribution < -0.4 is 0 Å². The number of amides is 2. The number of aromatic nitrogens is 2. The summed E-state index contributed by atoms with van der Waals surface area (Å²) < 4.78 is 7.94. The highest BCUT2D eigenvalue weighted by molar-refractivity contribution is 5.79. The number of aryl methyl sites for hydroxylation is 1. The second kappa shape index (κ2) is 12.0. The standard InChI is InChI=1S/C25H37N5O3/c1-5-29(6-2)25(32)19-33-23-16-28(15-22-14-26-27(4)20(22)3)18-24(31)30(17-23)13-12-21-10-8-7-9-11-21/h7-11,14,23H,5-6,12-13,15-19H2,1-4H3. The fourth-order valence-electron chi connectivity index (χ4n) is 4.20. The smallest absolute Gasteiger partial charge is 0.248 e. The highest BCUT2D eigenvalue weighted by Crippen LogP contribution is 2.15. The van der Waals surface area contributed by atoms with Crippen LogP contribution in [0.5, 0.6) is 0 Å². The first-order valence-corrected chi connectivity index (χ1v) is 11.8. The molecule has 1 fully saturated rings. The number of hydrogen-bond donors (Lipinski definition) is 0. The van der Waals surface area contributed by atoms with E-state index < -0.39 is 0 Å². The van der Waals surface area contributed by atoms with E-state index in [0.717, 1.165) is 17.7 Å². The molecule has 3 rings (SSSR count). The molecular formula is C25H37N5O3. The molecule has 8 nitrogen and oxygen atoms in total. The first-order valence-electron chi connectivity index (χ1n) is 11.8. The van der Waals surface area contributed by atoms with Crippen molar-refractivity contribution < 1.29 is 14.3 Å². The Balaban J connectivity index is 1.70. The topological polar surface area (TPSA) is 70.9 Å². The van der Waals surface area contributed by atoms with Gasteiger partial charge in [-0.1, -0.05) is 30.3 Å². The van der Waals surface area contributed by atoms with Crippen LogP contribution >= 0.6 is 0 Å². The van der Waals surface area contributed by atoms with Crippen molar-refractivity contribution in [3.05, 3.63) is 53.3 Å². The van der Waals surface area contributed by atoms with Crippen LogP contribution in [0.15, 0.2) is 36.5 Å². The van der Waals surface area contributed by atoms with E-state index in [9.17, 15) is 9.59 Å². The molecule has 1 unspecified atom stereocenters. The van der Waals surface area contributed by atoms with Gasteiger partial charge in [0.1, 0.15) is 6.61 Å². The van der Waals surface area contributed by atoms with Crippen molar-refractivity contribution in [3.8, 4) is 0 Å². The largest absolute Gasteiger partial charge is 0.365 e. The van der Waals surface area contributed by atoms with Gasteiger partial charge in [-0.25, -0.2) is 0 Å². The van der Waals surface area contributed by atoms with Crippen molar-refractivity contribution in [2.45, 2.75) is 39.8 Å². The van der Waals surface area contributed by atoms with Crippen LogP contribution in [0.4, 0.5) is 0 Å². The second-order valence-corrected chi connectivity index (χ2v) is 8.62. The molecular weight excluding hydrogens is 418 g/mol. The number of likely N-dealkylation sites (N-methyl/N-ethyl adjacent to an activating group) is 1. The van der Waals surface area contributed by atoms with Crippen LogP contribution in [0.25, 0.3) is 0 Å². The monoisotopic (exact) mass is 455 g/mol. The molecule has 1 aromatic heterocycles. The number of hydrogen-bond acceptors (Lipinski definition) is 5. The molecule has 1 aliphatic rings. The van der Waals surface area contributed by atoms with Crippen molar-refractivity contribution in [2.24, 2.45) is 7.05 Å². The lowest BCUT2D eigenvalue weighted by atomic mass is 10.1. The third-order valence-corrected chi connectivity index (χ3v) is 6.40. The SMILES string of the molecule is CCN(CC)C(=O)COC1CN(Cc2cnn(C)c2C)CC(=O)N(CCc2ccccc2)C1. The molecule has 2 aromatic rings. The van der Waals surface area contributed by atoms with Gasteiger partial charge in [-0.15, -0.1) is 0 Å². The minimum atomic E-state index is -0.233. The number of ether oxygens (including phenoxy) is 1. The number of nitrogens with zero attached hydrogens (tertiary/aromatic N) is 5. The van der Waals surface area contributed by atoms with Crippen molar-refractivity contribution in [1.29, 1.82) is 0 Å². The lowest BCUT2D eigenvalue weighted by Gasteiger charge is -2.26. The van der Waals surface area contributed by atoms with Crippen molar-refractivity contribution in [3.63, 3.8) is 0 Å². The van der Waals surface area contributed by atoms with Gasteiger partial charge in [0.2, 0.25) is 11.8 Å². The fourth-order valence-corrected chi connectivity index (χ4v) is 4.20. The summed E-state index contributed by atoms with van der Waals surface area (Å²) in [6, 6.07) is 10.2. The first kappa shape index (κ1) is 24.9. The van der Waals surface area contributed by atoms with E-state index in [1.54, 1.807) is 4.90 Å². The molecule has 180 valence electrons. The molecule has 1 aromatic carbocycles. The van der Waals surface area contributed by atoms with E-state index in [1.807, 2.05) is 61.8 Å². The highest BCUT2D eigenvalue weighted by atomic mass is 16.5. The molecule has 8 heteroatoms. The maximum Gasteiger partial charge on any atom is 0.248 e. The van der Waals surface area contributed by atoms with Gasteiger partial charge in [-0.2, -0.15) is 5.10 Å². The Morgan fingerprint density at radius 3 is 2.55 bits per heavy atom. The van der Waals surface area contributed by atoms with Gasteiger partial charge in [0, 0.05) is 57.6 Å². The molecule has 0 radical (unpaired) electrons. The van der Waals surface area contributed by atoms with E-state index in [-0.39, 0.29) is 24.5 Å². The van der Waals surface area contributed by atoms with Crippen LogP contribution in [0.3, 0.4) is 0 Å². The second-order valence-electron chi connectivity index (χ2n) is 8.62. The van der Waals surface area contributed by atoms with Crippen LogP contribution in [0, 0.1) is 6.92 Å². The average molecular weight is 456 g/mol. The Morgan fingerprint density at radius 1 is 1.18 bits per heavy atom. The average Bonchev–Trinajstić information content (AvgIpc) is 3.04. The zero-order valence-electron chi connectivity index (χ0n) is 20.4. The minimum Gasteiger partial charge on any atom is -0.365 e. The Hall–Kier alpha value is -2.71. The number of carbonyl (C=O) groups excluding carboxylic acids is 2. The summed E-state index contributed by atoms with van der Waals surface area (Å²) in [4.78, 5) is 31.4. The Morgan fingerprint density at radius 2 is 1.91 bits per heavy atom. The molecule has 0 N–H and O–H groups in total. The maximum absolute atomic E-state index is 13.1. The molecule has 0 bridgehead atoms. The summed E-state index contributed by atoms with van der Waals surface area (Å²) >= 11 is 0. The van der Waals surface area contributed by atoms with E-state index in [2.05, 4.69) is 22.1 Å². The summed E-state index contributed by atoms with van der Waals surface area (Å²) in [7, 11) is 1.92. The summed E-state index contributed by atoms with van der Waals surface area (Å²) in [5.74, 6) is 0.0784. The molecule has 0 saturated carbocycles. The third-order valence-electron chi connectivity index (χ3n) is 6.40. The summed E-state index contributed by atoms with van der Waals surface area (Å²) in [5, 5.41) is 4.33. The molecule has 0 aliphatic carbocycles. The number of carbonyl (C=O) groups is 2. The van der Waals surface area contributed by atoms with Crippen LogP contribution in [-0.2, 0) is 34.3 Å². The summed E-state index contributed by atoms with van der Waals surface area (Å²) in [6.07, 6.45) is 2.42. The Labute approximate surface area is 197 Å². The van der Waals surface area contributed by atoms with Gasteiger partial charge in [-0.05, 0) is 32.8 Å².